The molecule has 8 nitrogen and oxygen atoms in total. The highest BCUT2D eigenvalue weighted by Gasteiger charge is 2.32. The molecule has 134 valence electrons. The van der Waals surface area contributed by atoms with Crippen molar-refractivity contribution in [3.05, 3.63) is 11.6 Å². The fourth-order valence-electron chi connectivity index (χ4n) is 3.49. The van der Waals surface area contributed by atoms with Gasteiger partial charge in [0.15, 0.2) is 0 Å². The number of ether oxygens (including phenoxy) is 1. The van der Waals surface area contributed by atoms with Gasteiger partial charge in [0, 0.05) is 58.7 Å². The second-order valence-corrected chi connectivity index (χ2v) is 6.83. The van der Waals surface area contributed by atoms with E-state index in [4.69, 9.17) is 10.5 Å². The lowest BCUT2D eigenvalue weighted by Gasteiger charge is -2.34. The van der Waals surface area contributed by atoms with Gasteiger partial charge in [-0.05, 0) is 12.8 Å². The van der Waals surface area contributed by atoms with Crippen LogP contribution in [0.2, 0.25) is 0 Å². The van der Waals surface area contributed by atoms with E-state index in [1.54, 1.807) is 14.0 Å². The fourth-order valence-corrected chi connectivity index (χ4v) is 3.49. The Morgan fingerprint density at radius 1 is 1.25 bits per heavy atom. The Hall–Kier alpha value is -1.51. The van der Waals surface area contributed by atoms with Crippen LogP contribution in [0.1, 0.15) is 37.3 Å². The van der Waals surface area contributed by atoms with Gasteiger partial charge in [0.2, 0.25) is 5.91 Å². The molecule has 24 heavy (non-hydrogen) atoms. The summed E-state index contributed by atoms with van der Waals surface area (Å²) in [6.45, 7) is 7.13. The van der Waals surface area contributed by atoms with Crippen molar-refractivity contribution in [3.63, 3.8) is 0 Å². The molecule has 8 heteroatoms. The van der Waals surface area contributed by atoms with Crippen LogP contribution in [0.25, 0.3) is 0 Å². The molecule has 1 aromatic rings. The number of hydrogen-bond acceptors (Lipinski definition) is 6. The Kier molecular flexibility index (Phi) is 5.47. The summed E-state index contributed by atoms with van der Waals surface area (Å²) in [5.41, 5.74) is 5.93. The minimum absolute atomic E-state index is 0.154. The monoisotopic (exact) mass is 336 g/mol. The van der Waals surface area contributed by atoms with Gasteiger partial charge in [-0.25, -0.2) is 0 Å². The summed E-state index contributed by atoms with van der Waals surface area (Å²) in [4.78, 5) is 15.7. The van der Waals surface area contributed by atoms with E-state index < -0.39 is 0 Å². The van der Waals surface area contributed by atoms with Crippen molar-refractivity contribution >= 4 is 5.91 Å². The van der Waals surface area contributed by atoms with Crippen molar-refractivity contribution in [1.82, 2.24) is 24.6 Å². The van der Waals surface area contributed by atoms with Crippen LogP contribution in [0.4, 0.5) is 0 Å². The maximum Gasteiger partial charge on any atom is 0.219 e. The molecular formula is C16H28N6O2. The van der Waals surface area contributed by atoms with Gasteiger partial charge in [-0.2, -0.15) is 0 Å². The zero-order valence-electron chi connectivity index (χ0n) is 14.6. The van der Waals surface area contributed by atoms with E-state index >= 15 is 0 Å². The van der Waals surface area contributed by atoms with Crippen molar-refractivity contribution in [2.75, 3.05) is 39.9 Å². The highest BCUT2D eigenvalue weighted by atomic mass is 16.5. The first-order valence-corrected chi connectivity index (χ1v) is 8.73. The Morgan fingerprint density at radius 3 is 2.54 bits per heavy atom. The summed E-state index contributed by atoms with van der Waals surface area (Å²) in [6, 6.07) is 0.297. The molecule has 1 saturated heterocycles. The third-order valence-electron chi connectivity index (χ3n) is 5.10. The average molecular weight is 336 g/mol. The molecule has 0 unspecified atom stereocenters. The molecule has 0 aromatic carbocycles. The molecule has 1 saturated carbocycles. The zero-order valence-corrected chi connectivity index (χ0v) is 14.6. The largest absolute Gasteiger partial charge is 0.383 e. The predicted octanol–water partition coefficient (Wildman–Crippen LogP) is -0.207. The highest BCUT2D eigenvalue weighted by molar-refractivity contribution is 5.73. The number of methoxy groups -OCH3 is 1. The highest BCUT2D eigenvalue weighted by Crippen LogP contribution is 2.34. The number of rotatable bonds is 6. The van der Waals surface area contributed by atoms with Crippen LogP contribution in [0.3, 0.4) is 0 Å². The maximum absolute atomic E-state index is 11.4. The van der Waals surface area contributed by atoms with Gasteiger partial charge in [0.1, 0.15) is 11.6 Å². The van der Waals surface area contributed by atoms with E-state index in [1.807, 2.05) is 4.90 Å². The molecule has 1 aromatic heterocycles. The molecule has 2 N–H and O–H groups in total. The third kappa shape index (κ3) is 3.76. The van der Waals surface area contributed by atoms with Crippen molar-refractivity contribution in [1.29, 1.82) is 0 Å². The first-order chi connectivity index (χ1) is 11.6. The molecule has 1 aliphatic heterocycles. The van der Waals surface area contributed by atoms with Gasteiger partial charge in [0.25, 0.3) is 0 Å². The van der Waals surface area contributed by atoms with Crippen LogP contribution in [0.5, 0.6) is 0 Å². The second kappa shape index (κ2) is 7.58. The van der Waals surface area contributed by atoms with Crippen LogP contribution >= 0.6 is 0 Å². The lowest BCUT2D eigenvalue weighted by molar-refractivity contribution is -0.130. The number of aromatic nitrogens is 3. The van der Waals surface area contributed by atoms with Crippen LogP contribution in [0.15, 0.2) is 0 Å². The van der Waals surface area contributed by atoms with Gasteiger partial charge in [0.05, 0.1) is 13.2 Å². The van der Waals surface area contributed by atoms with Crippen molar-refractivity contribution in [2.45, 2.75) is 44.8 Å². The van der Waals surface area contributed by atoms with Gasteiger partial charge in [-0.1, -0.05) is 0 Å². The molecule has 2 aliphatic rings. The average Bonchev–Trinajstić information content (AvgIpc) is 2.92. The van der Waals surface area contributed by atoms with Crippen molar-refractivity contribution < 1.29 is 9.53 Å². The van der Waals surface area contributed by atoms with Crippen molar-refractivity contribution in [3.8, 4) is 0 Å². The molecule has 0 bridgehead atoms. The Balaban J connectivity index is 1.65. The molecule has 1 amide bonds. The van der Waals surface area contributed by atoms with E-state index in [1.165, 1.54) is 0 Å². The van der Waals surface area contributed by atoms with Gasteiger partial charge >= 0.3 is 0 Å². The molecule has 2 heterocycles. The quantitative estimate of drug-likeness (QED) is 0.773. The molecule has 2 fully saturated rings. The normalized spacial score (nSPS) is 24.9. The first kappa shape index (κ1) is 17.3. The van der Waals surface area contributed by atoms with Gasteiger partial charge in [-0.15, -0.1) is 10.2 Å². The maximum atomic E-state index is 11.4. The fraction of sp³-hybridized carbons (Fsp3) is 0.812. The summed E-state index contributed by atoms with van der Waals surface area (Å²) in [5.74, 6) is 2.61. The summed E-state index contributed by atoms with van der Waals surface area (Å²) in [7, 11) is 1.71. The minimum atomic E-state index is 0.154. The number of carbonyl (C=O) groups is 1. The number of hydrogen-bond donors (Lipinski definition) is 1. The molecular weight excluding hydrogens is 308 g/mol. The standard InChI is InChI=1S/C16H28N6O2/c1-12(23)21-5-3-20(4-6-21)11-15-18-19-16(13-9-14(17)10-13)22(15)7-8-24-2/h13-14H,3-11,17H2,1-2H3. The van der Waals surface area contributed by atoms with E-state index in [9.17, 15) is 4.79 Å². The topological polar surface area (TPSA) is 89.5 Å². The molecule has 1 aliphatic carbocycles. The van der Waals surface area contributed by atoms with Crippen LogP contribution in [-0.2, 0) is 22.6 Å². The van der Waals surface area contributed by atoms with E-state index in [2.05, 4.69) is 19.7 Å². The number of amides is 1. The Morgan fingerprint density at radius 2 is 1.96 bits per heavy atom. The van der Waals surface area contributed by atoms with Crippen LogP contribution < -0.4 is 5.73 Å². The second-order valence-electron chi connectivity index (χ2n) is 6.83. The summed E-state index contributed by atoms with van der Waals surface area (Å²) in [6.07, 6.45) is 1.98. The molecule has 3 rings (SSSR count). The Bertz CT molecular complexity index is 561. The number of nitrogens with two attached hydrogens (primary N) is 1. The zero-order chi connectivity index (χ0) is 17.1. The predicted molar refractivity (Wildman–Crippen MR) is 89.4 cm³/mol. The van der Waals surface area contributed by atoms with E-state index in [-0.39, 0.29) is 5.91 Å². The number of piperazine rings is 1. The lowest BCUT2D eigenvalue weighted by Crippen LogP contribution is -2.47. The molecule has 0 radical (unpaired) electrons. The van der Waals surface area contributed by atoms with Crippen molar-refractivity contribution in [2.24, 2.45) is 5.73 Å². The van der Waals surface area contributed by atoms with Gasteiger partial charge < -0.3 is 19.9 Å². The SMILES string of the molecule is COCCn1c(CN2CCN(C(C)=O)CC2)nnc1C1CC(N)C1. The van der Waals surface area contributed by atoms with Crippen LogP contribution in [0, 0.1) is 0 Å². The number of carbonyl (C=O) groups excluding carboxylic acids is 1. The minimum Gasteiger partial charge on any atom is -0.383 e. The molecule has 0 atom stereocenters. The molecule has 0 spiro atoms. The lowest BCUT2D eigenvalue weighted by atomic mass is 9.80. The smallest absolute Gasteiger partial charge is 0.219 e. The van der Waals surface area contributed by atoms with Gasteiger partial charge in [-0.3, -0.25) is 9.69 Å². The third-order valence-corrected chi connectivity index (χ3v) is 5.10. The summed E-state index contributed by atoms with van der Waals surface area (Å²) in [5, 5.41) is 8.88. The number of nitrogens with zero attached hydrogens (tertiary/aromatic N) is 5. The summed E-state index contributed by atoms with van der Waals surface area (Å²) < 4.78 is 7.45. The van der Waals surface area contributed by atoms with Crippen LogP contribution in [-0.4, -0.2) is 76.4 Å². The van der Waals surface area contributed by atoms with E-state index in [0.717, 1.165) is 63.8 Å². The summed E-state index contributed by atoms with van der Waals surface area (Å²) >= 11 is 0. The first-order valence-electron chi connectivity index (χ1n) is 8.73. The van der Waals surface area contributed by atoms with E-state index in [0.29, 0.717) is 18.6 Å². The Labute approximate surface area is 142 Å².